The van der Waals surface area contributed by atoms with Crippen LogP contribution in [0, 0.1) is 0 Å². The fourth-order valence-corrected chi connectivity index (χ4v) is 2.76. The molecule has 0 saturated heterocycles. The Balaban J connectivity index is 2.03. The summed E-state index contributed by atoms with van der Waals surface area (Å²) in [6, 6.07) is 13.1. The van der Waals surface area contributed by atoms with Crippen molar-refractivity contribution in [2.24, 2.45) is 0 Å². The summed E-state index contributed by atoms with van der Waals surface area (Å²) in [6.45, 7) is 2.70. The monoisotopic (exact) mass is 279 g/mol. The average molecular weight is 279 g/mol. The lowest BCUT2D eigenvalue weighted by molar-refractivity contribution is 0.0946. The molecule has 0 saturated carbocycles. The van der Waals surface area contributed by atoms with Gasteiger partial charge in [-0.05, 0) is 30.0 Å². The molecule has 3 heteroatoms. The average Bonchev–Trinajstić information content (AvgIpc) is 2.54. The highest BCUT2D eigenvalue weighted by molar-refractivity contribution is 6.11. The predicted molar refractivity (Wildman–Crippen MR) is 81.7 cm³/mol. The van der Waals surface area contributed by atoms with Crippen molar-refractivity contribution < 1.29 is 9.59 Å². The first-order valence-corrected chi connectivity index (χ1v) is 7.24. The van der Waals surface area contributed by atoms with Crippen molar-refractivity contribution in [3.8, 4) is 0 Å². The summed E-state index contributed by atoms with van der Waals surface area (Å²) >= 11 is 0. The van der Waals surface area contributed by atoms with E-state index in [2.05, 4.69) is 5.32 Å². The van der Waals surface area contributed by atoms with Gasteiger partial charge in [0.2, 0.25) is 0 Å². The summed E-state index contributed by atoms with van der Waals surface area (Å²) in [5, 5.41) is 2.82. The number of nitrogens with one attached hydrogen (secondary N) is 1. The lowest BCUT2D eigenvalue weighted by Gasteiger charge is -2.17. The number of fused-ring (bicyclic) bond motifs is 1. The Labute approximate surface area is 124 Å². The van der Waals surface area contributed by atoms with Crippen LogP contribution in [-0.2, 0) is 12.8 Å². The van der Waals surface area contributed by atoms with Gasteiger partial charge in [-0.15, -0.1) is 0 Å². The minimum absolute atomic E-state index is 0.0198. The molecule has 2 aromatic rings. The van der Waals surface area contributed by atoms with Crippen LogP contribution in [0.15, 0.2) is 42.5 Å². The van der Waals surface area contributed by atoms with E-state index in [1.807, 2.05) is 43.3 Å². The van der Waals surface area contributed by atoms with Crippen LogP contribution in [0.3, 0.4) is 0 Å². The van der Waals surface area contributed by atoms with Gasteiger partial charge in [-0.25, -0.2) is 0 Å². The van der Waals surface area contributed by atoms with Gasteiger partial charge in [-0.1, -0.05) is 43.3 Å². The number of hydrogen-bond acceptors (Lipinski definition) is 2. The minimum atomic E-state index is -0.0883. The number of amides is 1. The molecule has 1 aliphatic rings. The Bertz CT molecular complexity index is 719. The van der Waals surface area contributed by atoms with Crippen molar-refractivity contribution >= 4 is 11.7 Å². The van der Waals surface area contributed by atoms with Crippen LogP contribution in [0.4, 0.5) is 0 Å². The van der Waals surface area contributed by atoms with Crippen molar-refractivity contribution in [3.63, 3.8) is 0 Å². The number of ketones is 1. The van der Waals surface area contributed by atoms with Crippen molar-refractivity contribution in [1.82, 2.24) is 5.32 Å². The Morgan fingerprint density at radius 2 is 2.00 bits per heavy atom. The molecule has 1 N–H and O–H groups in total. The van der Waals surface area contributed by atoms with E-state index < -0.39 is 0 Å². The molecular formula is C18H17NO2. The van der Waals surface area contributed by atoms with E-state index in [0.717, 1.165) is 29.5 Å². The highest BCUT2D eigenvalue weighted by Gasteiger charge is 2.19. The molecule has 1 heterocycles. The number of hydrogen-bond donors (Lipinski definition) is 1. The number of aryl methyl sites for hydroxylation is 1. The van der Waals surface area contributed by atoms with Gasteiger partial charge in [0.05, 0.1) is 0 Å². The first-order valence-electron chi connectivity index (χ1n) is 7.24. The summed E-state index contributed by atoms with van der Waals surface area (Å²) < 4.78 is 0. The van der Waals surface area contributed by atoms with Gasteiger partial charge in [-0.2, -0.15) is 0 Å². The largest absolute Gasteiger partial charge is 0.352 e. The number of carbonyl (C=O) groups is 2. The van der Waals surface area contributed by atoms with Gasteiger partial charge < -0.3 is 5.32 Å². The van der Waals surface area contributed by atoms with Gasteiger partial charge >= 0.3 is 0 Å². The lowest BCUT2D eigenvalue weighted by Crippen LogP contribution is -2.32. The second-order valence-corrected chi connectivity index (χ2v) is 5.22. The van der Waals surface area contributed by atoms with E-state index in [4.69, 9.17) is 0 Å². The summed E-state index contributed by atoms with van der Waals surface area (Å²) in [5.41, 5.74) is 3.97. The van der Waals surface area contributed by atoms with Crippen LogP contribution in [-0.4, -0.2) is 18.2 Å². The second-order valence-electron chi connectivity index (χ2n) is 5.22. The Morgan fingerprint density at radius 3 is 2.81 bits per heavy atom. The van der Waals surface area contributed by atoms with Crippen LogP contribution in [0.1, 0.15) is 44.3 Å². The molecule has 1 aliphatic heterocycles. The van der Waals surface area contributed by atoms with E-state index in [1.165, 1.54) is 0 Å². The maximum absolute atomic E-state index is 12.7. The van der Waals surface area contributed by atoms with Crippen LogP contribution in [0.2, 0.25) is 0 Å². The van der Waals surface area contributed by atoms with E-state index >= 15 is 0 Å². The highest BCUT2D eigenvalue weighted by Crippen LogP contribution is 2.20. The first kappa shape index (κ1) is 13.6. The molecule has 2 aromatic carbocycles. The molecule has 0 aromatic heterocycles. The van der Waals surface area contributed by atoms with Crippen LogP contribution in [0.25, 0.3) is 0 Å². The lowest BCUT2D eigenvalue weighted by atomic mass is 9.92. The maximum atomic E-state index is 12.7. The molecule has 0 spiro atoms. The van der Waals surface area contributed by atoms with Crippen molar-refractivity contribution in [1.29, 1.82) is 0 Å². The van der Waals surface area contributed by atoms with Crippen LogP contribution < -0.4 is 5.32 Å². The van der Waals surface area contributed by atoms with Crippen LogP contribution in [0.5, 0.6) is 0 Å². The van der Waals surface area contributed by atoms with E-state index in [1.54, 1.807) is 6.07 Å². The van der Waals surface area contributed by atoms with Crippen molar-refractivity contribution in [3.05, 3.63) is 70.3 Å². The van der Waals surface area contributed by atoms with Gasteiger partial charge in [-0.3, -0.25) is 9.59 Å². The summed E-state index contributed by atoms with van der Waals surface area (Å²) in [6.07, 6.45) is 1.63. The van der Waals surface area contributed by atoms with Crippen molar-refractivity contribution in [2.75, 3.05) is 6.54 Å². The van der Waals surface area contributed by atoms with E-state index in [9.17, 15) is 9.59 Å². The molecule has 0 bridgehead atoms. The zero-order valence-corrected chi connectivity index (χ0v) is 12.0. The zero-order valence-electron chi connectivity index (χ0n) is 12.0. The Morgan fingerprint density at radius 1 is 1.19 bits per heavy atom. The quantitative estimate of drug-likeness (QED) is 0.878. The number of rotatable bonds is 3. The van der Waals surface area contributed by atoms with Crippen molar-refractivity contribution in [2.45, 2.75) is 19.8 Å². The van der Waals surface area contributed by atoms with E-state index in [0.29, 0.717) is 17.7 Å². The smallest absolute Gasteiger partial charge is 0.251 e. The normalized spacial score (nSPS) is 13.5. The molecule has 3 nitrogen and oxygen atoms in total. The third-order valence-corrected chi connectivity index (χ3v) is 3.94. The summed E-state index contributed by atoms with van der Waals surface area (Å²) in [7, 11) is 0. The third kappa shape index (κ3) is 2.47. The molecule has 3 rings (SSSR count). The molecule has 0 radical (unpaired) electrons. The SMILES string of the molecule is CCc1ccccc1C(=O)c1ccc2c(c1)C(=O)NCC2. The number of benzene rings is 2. The molecule has 106 valence electrons. The summed E-state index contributed by atoms with van der Waals surface area (Å²) in [5.74, 6) is -0.108. The van der Waals surface area contributed by atoms with Gasteiger partial charge in [0.25, 0.3) is 5.91 Å². The fraction of sp³-hybridized carbons (Fsp3) is 0.222. The van der Waals surface area contributed by atoms with Gasteiger partial charge in [0, 0.05) is 23.2 Å². The number of carbonyl (C=O) groups excluding carboxylic acids is 2. The standard InChI is InChI=1S/C18H17NO2/c1-2-12-5-3-4-6-15(12)17(20)14-8-7-13-9-10-19-18(21)16(13)11-14/h3-8,11H,2,9-10H2,1H3,(H,19,21). The Kier molecular flexibility index (Phi) is 3.57. The molecule has 21 heavy (non-hydrogen) atoms. The minimum Gasteiger partial charge on any atom is -0.352 e. The molecule has 0 fully saturated rings. The van der Waals surface area contributed by atoms with Gasteiger partial charge in [0.15, 0.2) is 5.78 Å². The van der Waals surface area contributed by atoms with Gasteiger partial charge in [0.1, 0.15) is 0 Å². The second kappa shape index (κ2) is 5.52. The van der Waals surface area contributed by atoms with E-state index in [-0.39, 0.29) is 11.7 Å². The molecule has 1 amide bonds. The maximum Gasteiger partial charge on any atom is 0.251 e. The molecular weight excluding hydrogens is 262 g/mol. The Hall–Kier alpha value is -2.42. The fourth-order valence-electron chi connectivity index (χ4n) is 2.76. The molecule has 0 aliphatic carbocycles. The predicted octanol–water partition coefficient (Wildman–Crippen LogP) is 2.77. The van der Waals surface area contributed by atoms with Crippen LogP contribution >= 0.6 is 0 Å². The third-order valence-electron chi connectivity index (χ3n) is 3.94. The topological polar surface area (TPSA) is 46.2 Å². The molecule has 0 atom stereocenters. The zero-order chi connectivity index (χ0) is 14.8. The highest BCUT2D eigenvalue weighted by atomic mass is 16.1. The molecule has 0 unspecified atom stereocenters. The summed E-state index contributed by atoms with van der Waals surface area (Å²) in [4.78, 5) is 24.6. The first-order chi connectivity index (χ1) is 10.2.